The average Bonchev–Trinajstić information content (AvgIpc) is 2.39. The Hall–Kier alpha value is -1.07. The van der Waals surface area contributed by atoms with Gasteiger partial charge >= 0.3 is 0 Å². The minimum Gasteiger partial charge on any atom is -0.370 e. The number of halogens is 1. The molecule has 1 fully saturated rings. The second-order valence-electron chi connectivity index (χ2n) is 4.99. The molecule has 1 atom stereocenters. The number of carbonyl (C=O) groups excluding carboxylic acids is 1. The Labute approximate surface area is 122 Å². The van der Waals surface area contributed by atoms with Crippen LogP contribution in [0, 0.1) is 5.92 Å². The molecule has 3 N–H and O–H groups in total. The van der Waals surface area contributed by atoms with E-state index in [2.05, 4.69) is 38.3 Å². The number of nitrogens with zero attached hydrogens (tertiary/aromatic N) is 1. The van der Waals surface area contributed by atoms with Gasteiger partial charge in [-0.25, -0.2) is 0 Å². The molecule has 0 aromatic heterocycles. The molecule has 1 aliphatic rings. The summed E-state index contributed by atoms with van der Waals surface area (Å²) >= 11 is 3.50. The van der Waals surface area contributed by atoms with Gasteiger partial charge in [0.1, 0.15) is 0 Å². The highest BCUT2D eigenvalue weighted by Crippen LogP contribution is 2.28. The van der Waals surface area contributed by atoms with Gasteiger partial charge in [-0.3, -0.25) is 4.79 Å². The van der Waals surface area contributed by atoms with E-state index in [4.69, 9.17) is 5.73 Å². The molecular formula is C14H20BrN3O. The lowest BCUT2D eigenvalue weighted by Gasteiger charge is -2.34. The van der Waals surface area contributed by atoms with Gasteiger partial charge in [-0.2, -0.15) is 0 Å². The summed E-state index contributed by atoms with van der Waals surface area (Å²) in [5.74, 6) is -0.211. The molecule has 1 aromatic carbocycles. The van der Waals surface area contributed by atoms with Crippen molar-refractivity contribution in [3.05, 3.63) is 28.2 Å². The van der Waals surface area contributed by atoms with Crippen molar-refractivity contribution in [2.45, 2.75) is 19.4 Å². The monoisotopic (exact) mass is 325 g/mol. The van der Waals surface area contributed by atoms with E-state index in [-0.39, 0.29) is 11.8 Å². The van der Waals surface area contributed by atoms with Crippen molar-refractivity contribution in [2.75, 3.05) is 25.0 Å². The maximum absolute atomic E-state index is 11.4. The second kappa shape index (κ2) is 6.39. The van der Waals surface area contributed by atoms with Crippen LogP contribution in [0.25, 0.3) is 0 Å². The summed E-state index contributed by atoms with van der Waals surface area (Å²) in [6, 6.07) is 6.28. The third-order valence-corrected chi connectivity index (χ3v) is 4.07. The molecule has 1 heterocycles. The lowest BCUT2D eigenvalue weighted by atomic mass is 9.96. The first-order valence-corrected chi connectivity index (χ1v) is 7.38. The highest BCUT2D eigenvalue weighted by molar-refractivity contribution is 9.10. The number of nitrogens with one attached hydrogen (secondary N) is 1. The average molecular weight is 326 g/mol. The fourth-order valence-corrected chi connectivity index (χ4v) is 3.03. The predicted octanol–water partition coefficient (Wildman–Crippen LogP) is 1.87. The van der Waals surface area contributed by atoms with Gasteiger partial charge in [0, 0.05) is 29.8 Å². The summed E-state index contributed by atoms with van der Waals surface area (Å²) in [4.78, 5) is 13.6. The van der Waals surface area contributed by atoms with Crippen LogP contribution in [0.3, 0.4) is 0 Å². The molecule has 5 heteroatoms. The highest BCUT2D eigenvalue weighted by Gasteiger charge is 2.25. The molecule has 104 valence electrons. The van der Waals surface area contributed by atoms with Gasteiger partial charge in [-0.05, 0) is 43.7 Å². The van der Waals surface area contributed by atoms with E-state index in [0.29, 0.717) is 0 Å². The minimum atomic E-state index is -0.183. The molecule has 0 spiro atoms. The molecule has 0 radical (unpaired) electrons. The SMILES string of the molecule is CNCc1cc(Br)ccc1N1CCCC(C(N)=O)C1. The Balaban J connectivity index is 2.22. The summed E-state index contributed by atoms with van der Waals surface area (Å²) in [7, 11) is 1.94. The number of anilines is 1. The first-order chi connectivity index (χ1) is 9.11. The first-order valence-electron chi connectivity index (χ1n) is 6.59. The maximum atomic E-state index is 11.4. The molecule has 1 aliphatic heterocycles. The molecule has 1 unspecified atom stereocenters. The Kier molecular flexibility index (Phi) is 4.82. The van der Waals surface area contributed by atoms with E-state index >= 15 is 0 Å². The minimum absolute atomic E-state index is 0.0279. The van der Waals surface area contributed by atoms with Gasteiger partial charge < -0.3 is 16.0 Å². The third-order valence-electron chi connectivity index (χ3n) is 3.57. The Morgan fingerprint density at radius 2 is 2.37 bits per heavy atom. The fourth-order valence-electron chi connectivity index (χ4n) is 2.62. The number of hydrogen-bond acceptors (Lipinski definition) is 3. The van der Waals surface area contributed by atoms with E-state index in [1.807, 2.05) is 13.1 Å². The van der Waals surface area contributed by atoms with Gasteiger partial charge in [-0.15, -0.1) is 0 Å². The lowest BCUT2D eigenvalue weighted by Crippen LogP contribution is -2.41. The van der Waals surface area contributed by atoms with Crippen LogP contribution < -0.4 is 16.0 Å². The van der Waals surface area contributed by atoms with Crippen LogP contribution in [0.4, 0.5) is 5.69 Å². The van der Waals surface area contributed by atoms with E-state index in [1.165, 1.54) is 11.3 Å². The number of piperidine rings is 1. The quantitative estimate of drug-likeness (QED) is 0.888. The number of primary amides is 1. The summed E-state index contributed by atoms with van der Waals surface area (Å²) in [5, 5.41) is 3.19. The van der Waals surface area contributed by atoms with E-state index in [9.17, 15) is 4.79 Å². The Morgan fingerprint density at radius 3 is 3.05 bits per heavy atom. The van der Waals surface area contributed by atoms with Crippen molar-refractivity contribution in [3.63, 3.8) is 0 Å². The van der Waals surface area contributed by atoms with Crippen molar-refractivity contribution in [2.24, 2.45) is 11.7 Å². The normalized spacial score (nSPS) is 19.5. The van der Waals surface area contributed by atoms with Crippen molar-refractivity contribution in [1.82, 2.24) is 5.32 Å². The molecule has 0 saturated carbocycles. The number of amides is 1. The molecule has 1 aromatic rings. The number of rotatable bonds is 4. The predicted molar refractivity (Wildman–Crippen MR) is 81.0 cm³/mol. The van der Waals surface area contributed by atoms with Gasteiger partial charge in [0.25, 0.3) is 0 Å². The van der Waals surface area contributed by atoms with Gasteiger partial charge in [0.15, 0.2) is 0 Å². The zero-order chi connectivity index (χ0) is 13.8. The number of nitrogens with two attached hydrogens (primary N) is 1. The van der Waals surface area contributed by atoms with Crippen LogP contribution in [0.15, 0.2) is 22.7 Å². The van der Waals surface area contributed by atoms with E-state index < -0.39 is 0 Å². The zero-order valence-electron chi connectivity index (χ0n) is 11.2. The number of benzene rings is 1. The molecule has 2 rings (SSSR count). The van der Waals surface area contributed by atoms with Gasteiger partial charge in [-0.1, -0.05) is 15.9 Å². The van der Waals surface area contributed by atoms with Crippen LogP contribution in [0.5, 0.6) is 0 Å². The first kappa shape index (κ1) is 14.3. The molecule has 19 heavy (non-hydrogen) atoms. The summed E-state index contributed by atoms with van der Waals surface area (Å²) in [6.45, 7) is 2.53. The molecule has 4 nitrogen and oxygen atoms in total. The van der Waals surface area contributed by atoms with Crippen LogP contribution in [0.1, 0.15) is 18.4 Å². The number of carbonyl (C=O) groups is 1. The fraction of sp³-hybridized carbons (Fsp3) is 0.500. The maximum Gasteiger partial charge on any atom is 0.222 e. The van der Waals surface area contributed by atoms with Crippen LogP contribution in [-0.4, -0.2) is 26.0 Å². The third kappa shape index (κ3) is 3.48. The van der Waals surface area contributed by atoms with Crippen molar-refractivity contribution < 1.29 is 4.79 Å². The Bertz CT molecular complexity index is 464. The summed E-state index contributed by atoms with van der Waals surface area (Å²) < 4.78 is 1.07. The van der Waals surface area contributed by atoms with Crippen molar-refractivity contribution in [1.29, 1.82) is 0 Å². The molecular weight excluding hydrogens is 306 g/mol. The van der Waals surface area contributed by atoms with Crippen molar-refractivity contribution >= 4 is 27.5 Å². The number of hydrogen-bond donors (Lipinski definition) is 2. The topological polar surface area (TPSA) is 58.4 Å². The van der Waals surface area contributed by atoms with Gasteiger partial charge in [0.2, 0.25) is 5.91 Å². The van der Waals surface area contributed by atoms with Crippen LogP contribution in [-0.2, 0) is 11.3 Å². The molecule has 1 amide bonds. The van der Waals surface area contributed by atoms with E-state index in [0.717, 1.165) is 36.9 Å². The van der Waals surface area contributed by atoms with Crippen LogP contribution in [0.2, 0.25) is 0 Å². The molecule has 1 saturated heterocycles. The lowest BCUT2D eigenvalue weighted by molar-refractivity contribution is -0.122. The molecule has 0 aliphatic carbocycles. The summed E-state index contributed by atoms with van der Waals surface area (Å²) in [6.07, 6.45) is 1.92. The smallest absolute Gasteiger partial charge is 0.222 e. The standard InChI is InChI=1S/C14H20BrN3O/c1-17-8-11-7-12(15)4-5-13(11)18-6-2-3-10(9-18)14(16)19/h4-5,7,10,17H,2-3,6,8-9H2,1H3,(H2,16,19). The van der Waals surface area contributed by atoms with E-state index in [1.54, 1.807) is 0 Å². The van der Waals surface area contributed by atoms with Crippen molar-refractivity contribution in [3.8, 4) is 0 Å². The largest absolute Gasteiger partial charge is 0.370 e. The second-order valence-corrected chi connectivity index (χ2v) is 5.91. The molecule has 0 bridgehead atoms. The van der Waals surface area contributed by atoms with Crippen LogP contribution >= 0.6 is 15.9 Å². The highest BCUT2D eigenvalue weighted by atomic mass is 79.9. The Morgan fingerprint density at radius 1 is 1.58 bits per heavy atom. The van der Waals surface area contributed by atoms with Gasteiger partial charge in [0.05, 0.1) is 5.92 Å². The summed E-state index contributed by atoms with van der Waals surface area (Å²) in [5.41, 5.74) is 7.88. The zero-order valence-corrected chi connectivity index (χ0v) is 12.7.